The second-order valence-electron chi connectivity index (χ2n) is 11.4. The van der Waals surface area contributed by atoms with E-state index in [-0.39, 0.29) is 17.3 Å². The molecular weight excluding hydrogens is 556 g/mol. The van der Waals surface area contributed by atoms with E-state index in [1.807, 2.05) is 25.1 Å². The number of carbonyl (C=O) groups excluding carboxylic acids is 2. The number of hydrogen-bond acceptors (Lipinski definition) is 6. The highest BCUT2D eigenvalue weighted by atomic mass is 35.5. The first kappa shape index (κ1) is 28.8. The van der Waals surface area contributed by atoms with Gasteiger partial charge in [0, 0.05) is 21.2 Å². The fourth-order valence-electron chi connectivity index (χ4n) is 5.24. The zero-order valence-electron chi connectivity index (χ0n) is 23.8. The lowest BCUT2D eigenvalue weighted by molar-refractivity contribution is 0.0600. The number of furan rings is 1. The van der Waals surface area contributed by atoms with Crippen molar-refractivity contribution in [1.29, 1.82) is 0 Å². The number of rotatable bonds is 6. The van der Waals surface area contributed by atoms with Crippen molar-refractivity contribution >= 4 is 51.7 Å². The van der Waals surface area contributed by atoms with Gasteiger partial charge in [-0.25, -0.2) is 9.79 Å². The Bertz CT molecular complexity index is 1630. The van der Waals surface area contributed by atoms with E-state index in [4.69, 9.17) is 25.7 Å². The quantitative estimate of drug-likeness (QED) is 0.180. The number of ether oxygens (including phenoxy) is 1. The Kier molecular flexibility index (Phi) is 8.20. The molecule has 1 atom stereocenters. The Morgan fingerprint density at radius 1 is 1.12 bits per heavy atom. The second-order valence-corrected chi connectivity index (χ2v) is 13.0. The predicted molar refractivity (Wildman–Crippen MR) is 166 cm³/mol. The molecule has 0 saturated heterocycles. The molecule has 5 rings (SSSR count). The van der Waals surface area contributed by atoms with Gasteiger partial charge in [0.25, 0.3) is 5.91 Å². The van der Waals surface area contributed by atoms with Crippen LogP contribution in [-0.4, -0.2) is 25.2 Å². The number of anilines is 1. The molecule has 1 amide bonds. The van der Waals surface area contributed by atoms with Gasteiger partial charge in [-0.1, -0.05) is 38.4 Å². The summed E-state index contributed by atoms with van der Waals surface area (Å²) in [6, 6.07) is 16.2. The molecule has 1 N–H and O–H groups in total. The van der Waals surface area contributed by atoms with Crippen LogP contribution in [0, 0.1) is 18.3 Å². The number of aliphatic imine (C=N–C) groups is 1. The predicted octanol–water partition coefficient (Wildman–Crippen LogP) is 8.91. The largest absolute Gasteiger partial charge is 0.465 e. The summed E-state index contributed by atoms with van der Waals surface area (Å²) < 4.78 is 10.9. The summed E-state index contributed by atoms with van der Waals surface area (Å²) in [5, 5.41) is 4.32. The molecule has 2 aromatic carbocycles. The van der Waals surface area contributed by atoms with Crippen LogP contribution < -0.4 is 5.32 Å². The third-order valence-corrected chi connectivity index (χ3v) is 9.06. The smallest absolute Gasteiger partial charge is 0.337 e. The third-order valence-electron chi connectivity index (χ3n) is 7.65. The molecule has 0 saturated carbocycles. The number of hydrogen-bond donors (Lipinski definition) is 1. The number of methoxy groups -OCH3 is 1. The topological polar surface area (TPSA) is 80.9 Å². The van der Waals surface area contributed by atoms with Crippen molar-refractivity contribution < 1.29 is 18.7 Å². The highest BCUT2D eigenvalue weighted by Gasteiger charge is 2.33. The fourth-order valence-corrected chi connectivity index (χ4v) is 6.63. The van der Waals surface area contributed by atoms with E-state index < -0.39 is 0 Å². The first-order valence-electron chi connectivity index (χ1n) is 13.6. The average Bonchev–Trinajstić information content (AvgIpc) is 3.56. The Balaban J connectivity index is 1.45. The molecule has 41 heavy (non-hydrogen) atoms. The molecule has 2 heterocycles. The van der Waals surface area contributed by atoms with Crippen molar-refractivity contribution in [2.24, 2.45) is 16.3 Å². The van der Waals surface area contributed by atoms with Crippen LogP contribution in [0.25, 0.3) is 11.3 Å². The van der Waals surface area contributed by atoms with Crippen molar-refractivity contribution in [3.05, 3.63) is 92.5 Å². The second kappa shape index (κ2) is 11.7. The van der Waals surface area contributed by atoms with Gasteiger partial charge in [-0.2, -0.15) is 0 Å². The SMILES string of the molecule is COC(=O)c1ccc(-c2ccc(C=Nc3sc4c(c3C(=O)Nc3ccc(Cl)cc3)CC[C@H](C(C)(C)C)C4)o2)c(C)c1. The lowest BCUT2D eigenvalue weighted by Crippen LogP contribution is -2.27. The lowest BCUT2D eigenvalue weighted by atomic mass is 9.72. The van der Waals surface area contributed by atoms with Crippen molar-refractivity contribution in [1.82, 2.24) is 0 Å². The number of esters is 1. The summed E-state index contributed by atoms with van der Waals surface area (Å²) in [7, 11) is 1.36. The molecule has 1 aliphatic carbocycles. The Morgan fingerprint density at radius 3 is 2.56 bits per heavy atom. The standard InChI is InChI=1S/C33H33ClN2O4S/c1-19-16-20(32(38)39-5)6-13-25(19)27-15-12-24(40-27)18-35-31-29(30(37)36-23-10-8-22(34)9-11-23)26-14-7-21(33(2,3)4)17-28(26)41-31/h6,8-13,15-16,18,21H,7,14,17H2,1-5H3,(H,36,37)/t21-/m0/s1. The lowest BCUT2D eigenvalue weighted by Gasteiger charge is -2.33. The van der Waals surface area contributed by atoms with Crippen molar-refractivity contribution in [3.63, 3.8) is 0 Å². The Morgan fingerprint density at radius 2 is 1.88 bits per heavy atom. The number of halogens is 1. The van der Waals surface area contributed by atoms with E-state index in [0.29, 0.717) is 44.3 Å². The molecule has 0 spiro atoms. The summed E-state index contributed by atoms with van der Waals surface area (Å²) >= 11 is 7.62. The van der Waals surface area contributed by atoms with Crippen LogP contribution >= 0.6 is 22.9 Å². The van der Waals surface area contributed by atoms with Gasteiger partial charge in [-0.05, 0) is 97.2 Å². The highest BCUT2D eigenvalue weighted by molar-refractivity contribution is 7.16. The van der Waals surface area contributed by atoms with E-state index in [2.05, 4.69) is 26.1 Å². The van der Waals surface area contributed by atoms with E-state index in [1.165, 1.54) is 12.0 Å². The molecule has 212 valence electrons. The third kappa shape index (κ3) is 6.31. The molecule has 0 radical (unpaired) electrons. The molecule has 1 aliphatic rings. The van der Waals surface area contributed by atoms with Crippen LogP contribution in [0.5, 0.6) is 0 Å². The van der Waals surface area contributed by atoms with Crippen LogP contribution in [0.2, 0.25) is 5.02 Å². The van der Waals surface area contributed by atoms with Crippen LogP contribution in [-0.2, 0) is 17.6 Å². The minimum absolute atomic E-state index is 0.173. The van der Waals surface area contributed by atoms with Crippen molar-refractivity contribution in [2.75, 3.05) is 12.4 Å². The Hall–Kier alpha value is -3.68. The first-order chi connectivity index (χ1) is 19.5. The van der Waals surface area contributed by atoms with E-state index >= 15 is 0 Å². The van der Waals surface area contributed by atoms with E-state index in [0.717, 1.165) is 36.0 Å². The van der Waals surface area contributed by atoms with Gasteiger partial charge in [0.15, 0.2) is 0 Å². The zero-order valence-corrected chi connectivity index (χ0v) is 25.4. The maximum absolute atomic E-state index is 13.6. The highest BCUT2D eigenvalue weighted by Crippen LogP contribution is 2.45. The number of fused-ring (bicyclic) bond motifs is 1. The maximum atomic E-state index is 13.6. The minimum atomic E-state index is -0.379. The number of aryl methyl sites for hydroxylation is 1. The van der Waals surface area contributed by atoms with Crippen LogP contribution in [0.3, 0.4) is 0 Å². The van der Waals surface area contributed by atoms with Crippen molar-refractivity contribution in [2.45, 2.75) is 47.0 Å². The van der Waals surface area contributed by atoms with E-state index in [1.54, 1.807) is 53.9 Å². The molecule has 0 unspecified atom stereocenters. The summed E-state index contributed by atoms with van der Waals surface area (Å²) in [5.74, 6) is 1.22. The average molecular weight is 589 g/mol. The summed E-state index contributed by atoms with van der Waals surface area (Å²) in [6.07, 6.45) is 4.48. The number of thiophene rings is 1. The molecule has 0 fully saturated rings. The molecule has 0 aliphatic heterocycles. The number of nitrogens with zero attached hydrogens (tertiary/aromatic N) is 1. The van der Waals surface area contributed by atoms with Gasteiger partial charge in [-0.15, -0.1) is 11.3 Å². The Labute approximate surface area is 249 Å². The summed E-state index contributed by atoms with van der Waals surface area (Å²) in [6.45, 7) is 8.76. The van der Waals surface area contributed by atoms with E-state index in [9.17, 15) is 9.59 Å². The summed E-state index contributed by atoms with van der Waals surface area (Å²) in [4.78, 5) is 31.5. The first-order valence-corrected chi connectivity index (χ1v) is 14.8. The molecular formula is C33H33ClN2O4S. The molecule has 4 aromatic rings. The van der Waals surface area contributed by atoms with Gasteiger partial charge in [0.1, 0.15) is 16.5 Å². The summed E-state index contributed by atoms with van der Waals surface area (Å²) in [5.41, 5.74) is 4.85. The zero-order chi connectivity index (χ0) is 29.3. The normalized spacial score (nSPS) is 15.1. The van der Waals surface area contributed by atoms with Gasteiger partial charge < -0.3 is 14.5 Å². The monoisotopic (exact) mass is 588 g/mol. The van der Waals surface area contributed by atoms with Crippen LogP contribution in [0.15, 0.2) is 64.0 Å². The number of benzene rings is 2. The van der Waals surface area contributed by atoms with Gasteiger partial charge in [0.2, 0.25) is 0 Å². The molecule has 6 nitrogen and oxygen atoms in total. The minimum Gasteiger partial charge on any atom is -0.465 e. The van der Waals surface area contributed by atoms with Gasteiger partial charge in [-0.3, -0.25) is 4.79 Å². The number of amides is 1. The molecule has 0 bridgehead atoms. The van der Waals surface area contributed by atoms with Gasteiger partial charge in [0.05, 0.1) is 24.5 Å². The number of carbonyl (C=O) groups is 2. The molecule has 8 heteroatoms. The van der Waals surface area contributed by atoms with Crippen LogP contribution in [0.1, 0.15) is 69.7 Å². The van der Waals surface area contributed by atoms with Crippen molar-refractivity contribution in [3.8, 4) is 11.3 Å². The van der Waals surface area contributed by atoms with Gasteiger partial charge >= 0.3 is 5.97 Å². The fraction of sp³-hybridized carbons (Fsp3) is 0.303. The van der Waals surface area contributed by atoms with Crippen LogP contribution in [0.4, 0.5) is 10.7 Å². The maximum Gasteiger partial charge on any atom is 0.337 e. The number of nitrogens with one attached hydrogen (secondary N) is 1. The molecule has 2 aromatic heterocycles.